The number of fused-ring (bicyclic) bond motifs is 1. The molecule has 2 aromatic carbocycles. The number of benzene rings is 2. The highest BCUT2D eigenvalue weighted by molar-refractivity contribution is 5.81. The molecular formula is C27H36N4O3. The zero-order chi connectivity index (χ0) is 24.3. The summed E-state index contributed by atoms with van der Waals surface area (Å²) in [6.45, 7) is 5.70. The number of methoxy groups -OCH3 is 1. The zero-order valence-electron chi connectivity index (χ0n) is 20.5. The minimum atomic E-state index is -0.0898. The summed E-state index contributed by atoms with van der Waals surface area (Å²) in [5.41, 5.74) is 3.02. The fraction of sp³-hybridized carbons (Fsp3) is 0.444. The molecule has 182 valence electrons. The maximum atomic E-state index is 13.4. The zero-order valence-corrected chi connectivity index (χ0v) is 20.5. The van der Waals surface area contributed by atoms with E-state index in [9.17, 15) is 9.59 Å². The minimum Gasteiger partial charge on any atom is -0.375 e. The highest BCUT2D eigenvalue weighted by atomic mass is 16.5. The van der Waals surface area contributed by atoms with Crippen LogP contribution in [0.3, 0.4) is 0 Å². The normalized spacial score (nSPS) is 11.2. The lowest BCUT2D eigenvalue weighted by atomic mass is 10.1. The molecular weight excluding hydrogens is 428 g/mol. The van der Waals surface area contributed by atoms with Gasteiger partial charge in [-0.25, -0.2) is 4.98 Å². The molecule has 3 aromatic rings. The maximum Gasteiger partial charge on any atom is 0.245 e. The Labute approximate surface area is 202 Å². The summed E-state index contributed by atoms with van der Waals surface area (Å²) in [6, 6.07) is 18.2. The third kappa shape index (κ3) is 7.15. The third-order valence-electron chi connectivity index (χ3n) is 5.84. The van der Waals surface area contributed by atoms with Gasteiger partial charge in [-0.3, -0.25) is 9.59 Å². The first-order chi connectivity index (χ1) is 16.5. The monoisotopic (exact) mass is 464 g/mol. The van der Waals surface area contributed by atoms with Crippen molar-refractivity contribution in [2.24, 2.45) is 0 Å². The molecule has 2 amide bonds. The van der Waals surface area contributed by atoms with Crippen LogP contribution in [0.15, 0.2) is 54.6 Å². The van der Waals surface area contributed by atoms with E-state index in [1.165, 1.54) is 7.11 Å². The Balaban J connectivity index is 1.65. The van der Waals surface area contributed by atoms with E-state index >= 15 is 0 Å². The van der Waals surface area contributed by atoms with Gasteiger partial charge in [0, 0.05) is 32.7 Å². The second-order valence-corrected chi connectivity index (χ2v) is 8.80. The predicted octanol–water partition coefficient (Wildman–Crippen LogP) is 3.95. The van der Waals surface area contributed by atoms with Gasteiger partial charge in [0.1, 0.15) is 19.0 Å². The van der Waals surface area contributed by atoms with Crippen molar-refractivity contribution in [1.29, 1.82) is 0 Å². The molecule has 0 aliphatic carbocycles. The van der Waals surface area contributed by atoms with Gasteiger partial charge in [0.05, 0.1) is 11.0 Å². The first kappa shape index (κ1) is 25.4. The molecule has 3 rings (SSSR count). The average molecular weight is 465 g/mol. The molecule has 0 atom stereocenters. The van der Waals surface area contributed by atoms with Gasteiger partial charge in [-0.15, -0.1) is 0 Å². The molecule has 7 heteroatoms. The number of hydrogen-bond acceptors (Lipinski definition) is 4. The van der Waals surface area contributed by atoms with Crippen LogP contribution in [-0.2, 0) is 33.8 Å². The van der Waals surface area contributed by atoms with Crippen molar-refractivity contribution in [3.8, 4) is 0 Å². The number of aryl methyl sites for hydroxylation is 1. The van der Waals surface area contributed by atoms with Gasteiger partial charge in [-0.2, -0.15) is 0 Å². The van der Waals surface area contributed by atoms with Crippen LogP contribution < -0.4 is 5.32 Å². The van der Waals surface area contributed by atoms with Crippen molar-refractivity contribution in [1.82, 2.24) is 19.8 Å². The summed E-state index contributed by atoms with van der Waals surface area (Å²) in [6.07, 6.45) is 3.59. The van der Waals surface area contributed by atoms with Crippen LogP contribution in [0.25, 0.3) is 11.0 Å². The van der Waals surface area contributed by atoms with Crippen LogP contribution in [0.2, 0.25) is 0 Å². The summed E-state index contributed by atoms with van der Waals surface area (Å²) in [4.78, 5) is 31.6. The molecule has 0 unspecified atom stereocenters. The van der Waals surface area contributed by atoms with Crippen LogP contribution in [0.5, 0.6) is 0 Å². The summed E-state index contributed by atoms with van der Waals surface area (Å²) in [5.74, 6) is 0.929. The fourth-order valence-electron chi connectivity index (χ4n) is 4.05. The fourth-order valence-corrected chi connectivity index (χ4v) is 4.05. The van der Waals surface area contributed by atoms with Gasteiger partial charge in [-0.1, -0.05) is 48.9 Å². The van der Waals surface area contributed by atoms with Crippen LogP contribution in [-0.4, -0.2) is 52.6 Å². The highest BCUT2D eigenvalue weighted by Gasteiger charge is 2.20. The number of amides is 2. The molecule has 1 N–H and O–H groups in total. The van der Waals surface area contributed by atoms with Gasteiger partial charge in [0.25, 0.3) is 0 Å². The predicted molar refractivity (Wildman–Crippen MR) is 134 cm³/mol. The largest absolute Gasteiger partial charge is 0.375 e. The molecule has 0 spiro atoms. The molecule has 34 heavy (non-hydrogen) atoms. The number of carbonyl (C=O) groups excluding carboxylic acids is 2. The van der Waals surface area contributed by atoms with Crippen molar-refractivity contribution in [3.63, 3.8) is 0 Å². The number of carbonyl (C=O) groups is 2. The van der Waals surface area contributed by atoms with Crippen molar-refractivity contribution in [2.45, 2.75) is 58.7 Å². The number of nitrogens with one attached hydrogen (secondary N) is 1. The molecule has 0 fully saturated rings. The SMILES string of the molecule is COCC(=O)NCCCCCc1nc2ccccc2n1CC(=O)N(Cc1ccccc1)C(C)C. The molecule has 0 aliphatic rings. The Kier molecular flexibility index (Phi) is 9.64. The average Bonchev–Trinajstić information content (AvgIpc) is 3.17. The summed E-state index contributed by atoms with van der Waals surface area (Å²) < 4.78 is 6.89. The number of imidazole rings is 1. The molecule has 1 aromatic heterocycles. The van der Waals surface area contributed by atoms with E-state index in [4.69, 9.17) is 9.72 Å². The van der Waals surface area contributed by atoms with Gasteiger partial charge < -0.3 is 19.5 Å². The van der Waals surface area contributed by atoms with Gasteiger partial charge in [0.2, 0.25) is 11.8 Å². The van der Waals surface area contributed by atoms with E-state index in [0.717, 1.165) is 48.1 Å². The Hall–Kier alpha value is -3.19. The van der Waals surface area contributed by atoms with Gasteiger partial charge >= 0.3 is 0 Å². The van der Waals surface area contributed by atoms with Crippen molar-refractivity contribution >= 4 is 22.8 Å². The maximum absolute atomic E-state index is 13.4. The molecule has 7 nitrogen and oxygen atoms in total. The Morgan fingerprint density at radius 2 is 1.76 bits per heavy atom. The molecule has 0 saturated carbocycles. The second kappa shape index (κ2) is 12.9. The molecule has 0 bridgehead atoms. The van der Waals surface area contributed by atoms with Crippen LogP contribution >= 0.6 is 0 Å². The third-order valence-corrected chi connectivity index (χ3v) is 5.84. The lowest BCUT2D eigenvalue weighted by Gasteiger charge is -2.27. The summed E-state index contributed by atoms with van der Waals surface area (Å²) in [7, 11) is 1.51. The van der Waals surface area contributed by atoms with Crippen LogP contribution in [0, 0.1) is 0 Å². The number of aromatic nitrogens is 2. The Bertz CT molecular complexity index is 1060. The minimum absolute atomic E-state index is 0.0871. The van der Waals surface area contributed by atoms with Crippen LogP contribution in [0.1, 0.15) is 44.5 Å². The molecule has 0 saturated heterocycles. The Morgan fingerprint density at radius 1 is 1.03 bits per heavy atom. The molecule has 0 aliphatic heterocycles. The van der Waals surface area contributed by atoms with Gasteiger partial charge in [-0.05, 0) is 44.4 Å². The smallest absolute Gasteiger partial charge is 0.245 e. The summed E-state index contributed by atoms with van der Waals surface area (Å²) in [5, 5.41) is 2.85. The number of ether oxygens (including phenoxy) is 1. The van der Waals surface area contributed by atoms with E-state index < -0.39 is 0 Å². The van der Waals surface area contributed by atoms with E-state index in [1.54, 1.807) is 0 Å². The molecule has 0 radical (unpaired) electrons. The van der Waals surface area contributed by atoms with E-state index in [1.807, 2.05) is 47.4 Å². The number of nitrogens with zero attached hydrogens (tertiary/aromatic N) is 3. The lowest BCUT2D eigenvalue weighted by Crippen LogP contribution is -2.38. The quantitative estimate of drug-likeness (QED) is 0.389. The van der Waals surface area contributed by atoms with Crippen LogP contribution in [0.4, 0.5) is 0 Å². The highest BCUT2D eigenvalue weighted by Crippen LogP contribution is 2.19. The van der Waals surface area contributed by atoms with E-state index in [-0.39, 0.29) is 31.0 Å². The second-order valence-electron chi connectivity index (χ2n) is 8.80. The first-order valence-corrected chi connectivity index (χ1v) is 12.0. The van der Waals surface area contributed by atoms with Crippen molar-refractivity contribution in [3.05, 3.63) is 66.0 Å². The number of hydrogen-bond donors (Lipinski definition) is 1. The van der Waals surface area contributed by atoms with E-state index in [2.05, 4.69) is 35.9 Å². The van der Waals surface area contributed by atoms with Crippen molar-refractivity contribution in [2.75, 3.05) is 20.3 Å². The lowest BCUT2D eigenvalue weighted by molar-refractivity contribution is -0.134. The topological polar surface area (TPSA) is 76.5 Å². The number of unbranched alkanes of at least 4 members (excludes halogenated alkanes) is 2. The number of para-hydroxylation sites is 2. The molecule has 1 heterocycles. The van der Waals surface area contributed by atoms with Gasteiger partial charge in [0.15, 0.2) is 0 Å². The first-order valence-electron chi connectivity index (χ1n) is 12.0. The Morgan fingerprint density at radius 3 is 2.50 bits per heavy atom. The number of rotatable bonds is 13. The summed E-state index contributed by atoms with van der Waals surface area (Å²) >= 11 is 0. The standard InChI is InChI=1S/C27H36N4O3/c1-21(2)30(18-22-12-6-4-7-13-22)27(33)19-31-24-15-10-9-14-23(24)29-25(31)16-8-5-11-17-28-26(32)20-34-3/h4,6-7,9-10,12-15,21H,5,8,11,16-20H2,1-3H3,(H,28,32). The van der Waals surface area contributed by atoms with Crippen molar-refractivity contribution < 1.29 is 14.3 Å². The van der Waals surface area contributed by atoms with E-state index in [0.29, 0.717) is 13.1 Å².